The Morgan fingerprint density at radius 2 is 1.87 bits per heavy atom. The molecular formula is C9H7FN4O. The number of H-pyrrole nitrogens is 1. The van der Waals surface area contributed by atoms with Gasteiger partial charge in [0, 0.05) is 5.56 Å². The molecule has 0 bridgehead atoms. The van der Waals surface area contributed by atoms with Gasteiger partial charge in [0.25, 0.3) is 0 Å². The maximum absolute atomic E-state index is 12.6. The van der Waals surface area contributed by atoms with Gasteiger partial charge >= 0.3 is 5.69 Å². The van der Waals surface area contributed by atoms with Crippen molar-refractivity contribution >= 4 is 5.95 Å². The molecule has 0 spiro atoms. The van der Waals surface area contributed by atoms with Crippen molar-refractivity contribution in [2.24, 2.45) is 0 Å². The Hall–Kier alpha value is -2.24. The number of benzene rings is 1. The van der Waals surface area contributed by atoms with Gasteiger partial charge in [0.05, 0.1) is 0 Å². The van der Waals surface area contributed by atoms with E-state index in [1.54, 1.807) is 0 Å². The second-order valence-electron chi connectivity index (χ2n) is 2.87. The molecule has 0 aliphatic carbocycles. The van der Waals surface area contributed by atoms with Gasteiger partial charge in [-0.25, -0.2) is 9.18 Å². The number of aromatic nitrogens is 3. The molecule has 1 aromatic carbocycles. The monoisotopic (exact) mass is 206 g/mol. The Kier molecular flexibility index (Phi) is 2.17. The summed E-state index contributed by atoms with van der Waals surface area (Å²) < 4.78 is 12.6. The number of nitrogens with zero attached hydrogens (tertiary/aromatic N) is 2. The third-order valence-electron chi connectivity index (χ3n) is 1.79. The molecular weight excluding hydrogens is 199 g/mol. The maximum atomic E-state index is 12.6. The van der Waals surface area contributed by atoms with Gasteiger partial charge in [0.15, 0.2) is 0 Å². The Labute approximate surface area is 83.8 Å². The average molecular weight is 206 g/mol. The van der Waals surface area contributed by atoms with Crippen LogP contribution in [0.3, 0.4) is 0 Å². The van der Waals surface area contributed by atoms with Crippen LogP contribution in [0.25, 0.3) is 11.4 Å². The van der Waals surface area contributed by atoms with E-state index in [0.29, 0.717) is 5.56 Å². The molecule has 2 aromatic rings. The number of rotatable bonds is 1. The van der Waals surface area contributed by atoms with Gasteiger partial charge < -0.3 is 5.73 Å². The molecule has 5 nitrogen and oxygen atoms in total. The van der Waals surface area contributed by atoms with Gasteiger partial charge in [-0.2, -0.15) is 9.97 Å². The fourth-order valence-electron chi connectivity index (χ4n) is 1.15. The Balaban J connectivity index is 2.54. The third kappa shape index (κ3) is 1.98. The molecule has 76 valence electrons. The molecule has 15 heavy (non-hydrogen) atoms. The molecule has 0 aliphatic rings. The number of hydrogen-bond donors (Lipinski definition) is 2. The van der Waals surface area contributed by atoms with Crippen LogP contribution in [0.5, 0.6) is 0 Å². The lowest BCUT2D eigenvalue weighted by Crippen LogP contribution is -2.15. The van der Waals surface area contributed by atoms with E-state index in [4.69, 9.17) is 5.73 Å². The minimum Gasteiger partial charge on any atom is -0.368 e. The van der Waals surface area contributed by atoms with E-state index in [-0.39, 0.29) is 17.6 Å². The van der Waals surface area contributed by atoms with Crippen LogP contribution in [-0.2, 0) is 0 Å². The largest absolute Gasteiger partial charge is 0.368 e. The summed E-state index contributed by atoms with van der Waals surface area (Å²) in [6.07, 6.45) is 0. The van der Waals surface area contributed by atoms with E-state index in [1.807, 2.05) is 0 Å². The first-order valence-electron chi connectivity index (χ1n) is 4.15. The van der Waals surface area contributed by atoms with Crippen LogP contribution >= 0.6 is 0 Å². The van der Waals surface area contributed by atoms with Gasteiger partial charge in [-0.3, -0.25) is 4.98 Å². The summed E-state index contributed by atoms with van der Waals surface area (Å²) in [5.74, 6) is -0.200. The zero-order chi connectivity index (χ0) is 10.8. The minimum absolute atomic E-state index is 0.113. The van der Waals surface area contributed by atoms with Crippen molar-refractivity contribution in [3.05, 3.63) is 40.6 Å². The van der Waals surface area contributed by atoms with Crippen molar-refractivity contribution in [3.63, 3.8) is 0 Å². The van der Waals surface area contributed by atoms with E-state index in [1.165, 1.54) is 24.3 Å². The Morgan fingerprint density at radius 3 is 2.47 bits per heavy atom. The zero-order valence-electron chi connectivity index (χ0n) is 7.57. The lowest BCUT2D eigenvalue weighted by molar-refractivity contribution is 0.628. The van der Waals surface area contributed by atoms with Crippen molar-refractivity contribution in [1.29, 1.82) is 0 Å². The van der Waals surface area contributed by atoms with Gasteiger partial charge in [0.2, 0.25) is 5.95 Å². The molecule has 0 fully saturated rings. The minimum atomic E-state index is -0.582. The number of nitrogens with two attached hydrogens (primary N) is 1. The highest BCUT2D eigenvalue weighted by molar-refractivity contribution is 5.54. The van der Waals surface area contributed by atoms with Crippen LogP contribution in [0.1, 0.15) is 0 Å². The topological polar surface area (TPSA) is 84.7 Å². The summed E-state index contributed by atoms with van der Waals surface area (Å²) in [6.45, 7) is 0. The van der Waals surface area contributed by atoms with Gasteiger partial charge in [-0.05, 0) is 24.3 Å². The van der Waals surface area contributed by atoms with Crippen molar-refractivity contribution in [1.82, 2.24) is 15.0 Å². The van der Waals surface area contributed by atoms with Crippen molar-refractivity contribution in [2.75, 3.05) is 5.73 Å². The lowest BCUT2D eigenvalue weighted by atomic mass is 10.2. The molecule has 1 aromatic heterocycles. The summed E-state index contributed by atoms with van der Waals surface area (Å²) in [5.41, 5.74) is 5.30. The molecule has 3 N–H and O–H groups in total. The van der Waals surface area contributed by atoms with Crippen molar-refractivity contribution < 1.29 is 4.39 Å². The molecule has 0 amide bonds. The quantitative estimate of drug-likeness (QED) is 0.713. The average Bonchev–Trinajstić information content (AvgIpc) is 2.17. The van der Waals surface area contributed by atoms with Crippen LogP contribution in [0.4, 0.5) is 10.3 Å². The molecule has 0 saturated carbocycles. The van der Waals surface area contributed by atoms with Crippen molar-refractivity contribution in [2.45, 2.75) is 0 Å². The van der Waals surface area contributed by atoms with Crippen LogP contribution in [-0.4, -0.2) is 15.0 Å². The summed E-state index contributed by atoms with van der Waals surface area (Å²) >= 11 is 0. The second-order valence-corrected chi connectivity index (χ2v) is 2.87. The number of aromatic amines is 1. The fraction of sp³-hybridized carbons (Fsp3) is 0. The Bertz CT molecular complexity index is 535. The van der Waals surface area contributed by atoms with Crippen molar-refractivity contribution in [3.8, 4) is 11.4 Å². The highest BCUT2D eigenvalue weighted by Crippen LogP contribution is 2.13. The van der Waals surface area contributed by atoms with Crippen LogP contribution < -0.4 is 11.4 Å². The van der Waals surface area contributed by atoms with E-state index in [0.717, 1.165) is 0 Å². The number of hydrogen-bond acceptors (Lipinski definition) is 4. The predicted octanol–water partition coefficient (Wildman–Crippen LogP) is 0.553. The standard InChI is InChI=1S/C9H7FN4O/c10-6-3-1-5(2-4-6)7-12-8(11)14-9(15)13-7/h1-4H,(H3,11,12,13,14,15). The summed E-state index contributed by atoms with van der Waals surface area (Å²) in [4.78, 5) is 20.6. The van der Waals surface area contributed by atoms with E-state index >= 15 is 0 Å². The summed E-state index contributed by atoms with van der Waals surface area (Å²) in [5, 5.41) is 0. The number of nitrogen functional groups attached to an aromatic ring is 1. The summed E-state index contributed by atoms with van der Waals surface area (Å²) in [7, 11) is 0. The normalized spacial score (nSPS) is 10.2. The molecule has 6 heteroatoms. The van der Waals surface area contributed by atoms with Crippen LogP contribution in [0.15, 0.2) is 29.1 Å². The highest BCUT2D eigenvalue weighted by atomic mass is 19.1. The summed E-state index contributed by atoms with van der Waals surface area (Å²) in [6, 6.07) is 5.53. The predicted molar refractivity (Wildman–Crippen MR) is 52.5 cm³/mol. The molecule has 2 rings (SSSR count). The highest BCUT2D eigenvalue weighted by Gasteiger charge is 2.02. The maximum Gasteiger partial charge on any atom is 0.349 e. The van der Waals surface area contributed by atoms with E-state index in [2.05, 4.69) is 15.0 Å². The zero-order valence-corrected chi connectivity index (χ0v) is 7.57. The third-order valence-corrected chi connectivity index (χ3v) is 1.79. The molecule has 0 atom stereocenters. The molecule has 0 unspecified atom stereocenters. The lowest BCUT2D eigenvalue weighted by Gasteiger charge is -2.00. The van der Waals surface area contributed by atoms with Gasteiger partial charge in [-0.15, -0.1) is 0 Å². The van der Waals surface area contributed by atoms with Crippen LogP contribution in [0.2, 0.25) is 0 Å². The van der Waals surface area contributed by atoms with E-state index < -0.39 is 5.69 Å². The second kappa shape index (κ2) is 3.49. The number of anilines is 1. The van der Waals surface area contributed by atoms with Crippen LogP contribution in [0, 0.1) is 5.82 Å². The van der Waals surface area contributed by atoms with E-state index in [9.17, 15) is 9.18 Å². The molecule has 0 saturated heterocycles. The number of halogens is 1. The molecule has 0 radical (unpaired) electrons. The van der Waals surface area contributed by atoms with Gasteiger partial charge in [0.1, 0.15) is 11.6 Å². The number of nitrogens with one attached hydrogen (secondary N) is 1. The molecule has 0 aliphatic heterocycles. The smallest absolute Gasteiger partial charge is 0.349 e. The fourth-order valence-corrected chi connectivity index (χ4v) is 1.15. The van der Waals surface area contributed by atoms with Gasteiger partial charge in [-0.1, -0.05) is 0 Å². The first-order valence-corrected chi connectivity index (χ1v) is 4.15. The molecule has 1 heterocycles. The first kappa shape index (κ1) is 9.32. The Morgan fingerprint density at radius 1 is 1.20 bits per heavy atom. The SMILES string of the molecule is Nc1nc(-c2ccc(F)cc2)[nH]c(=O)n1. The first-order chi connectivity index (χ1) is 7.15.